The Bertz CT molecular complexity index is 587. The predicted molar refractivity (Wildman–Crippen MR) is 92.2 cm³/mol. The lowest BCUT2D eigenvalue weighted by molar-refractivity contribution is 0.527. The Morgan fingerprint density at radius 1 is 1.10 bits per heavy atom. The molecule has 1 aliphatic heterocycles. The monoisotopic (exact) mass is 304 g/mol. The Morgan fingerprint density at radius 3 is 2.60 bits per heavy atom. The molecule has 3 rings (SSSR count). The van der Waals surface area contributed by atoms with Crippen LogP contribution in [-0.2, 0) is 0 Å². The van der Waals surface area contributed by atoms with Crippen molar-refractivity contribution in [3.05, 3.63) is 48.0 Å². The molecular weight excluding hydrogens is 284 g/mol. The number of thioether (sulfide) groups is 2. The number of benzene rings is 2. The summed E-state index contributed by atoms with van der Waals surface area (Å²) in [6.45, 7) is 2.31. The maximum Gasteiger partial charge on any atom is 0.0589 e. The molecule has 0 saturated carbocycles. The quantitative estimate of drug-likeness (QED) is 0.671. The van der Waals surface area contributed by atoms with Gasteiger partial charge in [0.25, 0.3) is 0 Å². The lowest BCUT2D eigenvalue weighted by Crippen LogP contribution is -2.40. The van der Waals surface area contributed by atoms with Gasteiger partial charge in [-0.25, -0.2) is 0 Å². The van der Waals surface area contributed by atoms with Gasteiger partial charge in [-0.2, -0.15) is 23.5 Å². The topological polar surface area (TPSA) is 38.0 Å². The first kappa shape index (κ1) is 14.3. The third-order valence-corrected chi connectivity index (χ3v) is 7.07. The SMILES string of the molecule is CC1SCCSC1C(NN)c1ccc2ccccc2c1. The molecule has 1 aliphatic rings. The zero-order valence-electron chi connectivity index (χ0n) is 11.6. The fourth-order valence-corrected chi connectivity index (χ4v) is 5.73. The van der Waals surface area contributed by atoms with Crippen molar-refractivity contribution >= 4 is 34.3 Å². The van der Waals surface area contributed by atoms with E-state index in [1.807, 2.05) is 11.8 Å². The zero-order valence-corrected chi connectivity index (χ0v) is 13.2. The van der Waals surface area contributed by atoms with Gasteiger partial charge in [0, 0.05) is 22.0 Å². The fraction of sp³-hybridized carbons (Fsp3) is 0.375. The summed E-state index contributed by atoms with van der Waals surface area (Å²) in [6.07, 6.45) is 0. The Morgan fingerprint density at radius 2 is 1.85 bits per heavy atom. The highest BCUT2D eigenvalue weighted by Crippen LogP contribution is 2.38. The van der Waals surface area contributed by atoms with Crippen LogP contribution in [0.25, 0.3) is 10.8 Å². The van der Waals surface area contributed by atoms with Gasteiger partial charge < -0.3 is 0 Å². The molecule has 2 nitrogen and oxygen atoms in total. The number of nitrogens with two attached hydrogens (primary N) is 1. The van der Waals surface area contributed by atoms with E-state index in [2.05, 4.69) is 66.6 Å². The van der Waals surface area contributed by atoms with Crippen molar-refractivity contribution in [3.63, 3.8) is 0 Å². The molecule has 4 heteroatoms. The summed E-state index contributed by atoms with van der Waals surface area (Å²) in [4.78, 5) is 0. The van der Waals surface area contributed by atoms with Crippen molar-refractivity contribution in [2.45, 2.75) is 23.5 Å². The first-order chi connectivity index (χ1) is 9.79. The third-order valence-electron chi connectivity index (χ3n) is 3.88. The number of hydrogen-bond acceptors (Lipinski definition) is 4. The molecule has 0 amide bonds. The number of rotatable bonds is 3. The van der Waals surface area contributed by atoms with E-state index in [0.29, 0.717) is 10.5 Å². The van der Waals surface area contributed by atoms with Gasteiger partial charge in [0.05, 0.1) is 6.04 Å². The smallest absolute Gasteiger partial charge is 0.0589 e. The standard InChI is InChI=1S/C16H20N2S2/c1-11-16(20-9-8-19-11)15(18-17)14-7-6-12-4-2-3-5-13(12)10-14/h2-7,10-11,15-16,18H,8-9,17H2,1H3. The van der Waals surface area contributed by atoms with Crippen LogP contribution in [0.4, 0.5) is 0 Å². The van der Waals surface area contributed by atoms with Crippen LogP contribution in [0, 0.1) is 0 Å². The van der Waals surface area contributed by atoms with Crippen molar-refractivity contribution < 1.29 is 0 Å². The molecule has 1 saturated heterocycles. The van der Waals surface area contributed by atoms with Crippen LogP contribution in [-0.4, -0.2) is 22.0 Å². The van der Waals surface area contributed by atoms with Crippen LogP contribution in [0.5, 0.6) is 0 Å². The number of nitrogens with one attached hydrogen (secondary N) is 1. The predicted octanol–water partition coefficient (Wildman–Crippen LogP) is 3.58. The molecular formula is C16H20N2S2. The van der Waals surface area contributed by atoms with Gasteiger partial charge >= 0.3 is 0 Å². The summed E-state index contributed by atoms with van der Waals surface area (Å²) >= 11 is 4.09. The highest BCUT2D eigenvalue weighted by atomic mass is 32.2. The van der Waals surface area contributed by atoms with Gasteiger partial charge in [-0.05, 0) is 22.4 Å². The minimum Gasteiger partial charge on any atom is -0.271 e. The molecule has 106 valence electrons. The van der Waals surface area contributed by atoms with E-state index in [1.54, 1.807) is 0 Å². The van der Waals surface area contributed by atoms with E-state index in [0.717, 1.165) is 0 Å². The van der Waals surface area contributed by atoms with Crippen molar-refractivity contribution in [1.82, 2.24) is 5.43 Å². The van der Waals surface area contributed by atoms with Crippen LogP contribution in [0.2, 0.25) is 0 Å². The summed E-state index contributed by atoms with van der Waals surface area (Å²) in [6, 6.07) is 15.4. The molecule has 0 radical (unpaired) electrons. The molecule has 3 unspecified atom stereocenters. The number of hydrazine groups is 1. The summed E-state index contributed by atoms with van der Waals surface area (Å²) in [7, 11) is 0. The van der Waals surface area contributed by atoms with Gasteiger partial charge in [0.2, 0.25) is 0 Å². The summed E-state index contributed by atoms with van der Waals surface area (Å²) in [5.74, 6) is 8.33. The molecule has 1 heterocycles. The zero-order chi connectivity index (χ0) is 13.9. The van der Waals surface area contributed by atoms with Crippen LogP contribution in [0.1, 0.15) is 18.5 Å². The second kappa shape index (κ2) is 6.39. The molecule has 0 aliphatic carbocycles. The van der Waals surface area contributed by atoms with Gasteiger partial charge in [-0.3, -0.25) is 11.3 Å². The Kier molecular flexibility index (Phi) is 4.56. The van der Waals surface area contributed by atoms with Crippen molar-refractivity contribution in [1.29, 1.82) is 0 Å². The Hall–Kier alpha value is -0.680. The van der Waals surface area contributed by atoms with Crippen LogP contribution in [0.15, 0.2) is 42.5 Å². The van der Waals surface area contributed by atoms with Crippen molar-refractivity contribution in [2.75, 3.05) is 11.5 Å². The lowest BCUT2D eigenvalue weighted by atomic mass is 9.99. The van der Waals surface area contributed by atoms with Gasteiger partial charge in [-0.1, -0.05) is 43.3 Å². The first-order valence-electron chi connectivity index (χ1n) is 6.97. The van der Waals surface area contributed by atoms with E-state index in [4.69, 9.17) is 5.84 Å². The van der Waals surface area contributed by atoms with Crippen LogP contribution in [0.3, 0.4) is 0 Å². The minimum absolute atomic E-state index is 0.215. The molecule has 2 aromatic rings. The highest BCUT2D eigenvalue weighted by Gasteiger charge is 2.30. The fourth-order valence-electron chi connectivity index (χ4n) is 2.80. The minimum atomic E-state index is 0.215. The number of fused-ring (bicyclic) bond motifs is 1. The molecule has 0 bridgehead atoms. The van der Waals surface area contributed by atoms with Crippen LogP contribution < -0.4 is 11.3 Å². The molecule has 0 aromatic heterocycles. The lowest BCUT2D eigenvalue weighted by Gasteiger charge is -2.34. The highest BCUT2D eigenvalue weighted by molar-refractivity contribution is 8.07. The van der Waals surface area contributed by atoms with Crippen molar-refractivity contribution in [2.24, 2.45) is 5.84 Å². The summed E-state index contributed by atoms with van der Waals surface area (Å²) in [5, 5.41) is 3.72. The van der Waals surface area contributed by atoms with Crippen molar-refractivity contribution in [3.8, 4) is 0 Å². The van der Waals surface area contributed by atoms with E-state index in [9.17, 15) is 0 Å². The summed E-state index contributed by atoms with van der Waals surface area (Å²) in [5.41, 5.74) is 4.34. The molecule has 1 fully saturated rings. The second-order valence-corrected chi connectivity index (χ2v) is 7.93. The van der Waals surface area contributed by atoms with E-state index < -0.39 is 0 Å². The Balaban J connectivity index is 1.93. The maximum absolute atomic E-state index is 5.87. The maximum atomic E-state index is 5.87. The molecule has 3 atom stereocenters. The van der Waals surface area contributed by atoms with Gasteiger partial charge in [0.1, 0.15) is 0 Å². The van der Waals surface area contributed by atoms with Crippen LogP contribution >= 0.6 is 23.5 Å². The number of hydrogen-bond donors (Lipinski definition) is 2. The van der Waals surface area contributed by atoms with Gasteiger partial charge in [-0.15, -0.1) is 0 Å². The molecule has 2 aromatic carbocycles. The van der Waals surface area contributed by atoms with E-state index in [1.165, 1.54) is 27.8 Å². The normalized spacial score (nSPS) is 24.7. The molecule has 20 heavy (non-hydrogen) atoms. The Labute approximate surface area is 128 Å². The second-order valence-electron chi connectivity index (χ2n) is 5.16. The summed E-state index contributed by atoms with van der Waals surface area (Å²) < 4.78 is 0. The largest absolute Gasteiger partial charge is 0.271 e. The first-order valence-corrected chi connectivity index (χ1v) is 9.07. The average molecular weight is 304 g/mol. The average Bonchev–Trinajstić information content (AvgIpc) is 2.50. The van der Waals surface area contributed by atoms with E-state index in [-0.39, 0.29) is 6.04 Å². The van der Waals surface area contributed by atoms with Gasteiger partial charge in [0.15, 0.2) is 0 Å². The molecule has 3 N–H and O–H groups in total. The molecule has 0 spiro atoms. The van der Waals surface area contributed by atoms with E-state index >= 15 is 0 Å². The third kappa shape index (κ3) is 2.84.